The fourth-order valence-corrected chi connectivity index (χ4v) is 6.05. The highest BCUT2D eigenvalue weighted by Gasteiger charge is 2.68. The predicted octanol–water partition coefficient (Wildman–Crippen LogP) is 5.86. The first kappa shape index (κ1) is 17.8. The Kier molecular flexibility index (Phi) is 3.69. The summed E-state index contributed by atoms with van der Waals surface area (Å²) < 4.78 is 18.3. The second-order valence-electron chi connectivity index (χ2n) is 8.47. The van der Waals surface area contributed by atoms with Gasteiger partial charge in [0.2, 0.25) is 0 Å². The molecule has 0 amide bonds. The highest BCUT2D eigenvalue weighted by molar-refractivity contribution is 6.02. The van der Waals surface area contributed by atoms with Crippen LogP contribution >= 0.6 is 0 Å². The zero-order valence-corrected chi connectivity index (χ0v) is 17.4. The summed E-state index contributed by atoms with van der Waals surface area (Å²) >= 11 is 0. The Hall–Kier alpha value is -3.04. The summed E-state index contributed by atoms with van der Waals surface area (Å²) in [4.78, 5) is 0. The van der Waals surface area contributed by atoms with Gasteiger partial charge in [-0.2, -0.15) is 0 Å². The van der Waals surface area contributed by atoms with Crippen molar-refractivity contribution in [2.75, 3.05) is 14.2 Å². The van der Waals surface area contributed by atoms with Crippen molar-refractivity contribution in [1.82, 2.24) is 0 Å². The van der Waals surface area contributed by atoms with Crippen LogP contribution in [0.15, 0.2) is 72.8 Å². The Bertz CT molecular complexity index is 1170. The van der Waals surface area contributed by atoms with Gasteiger partial charge in [0.15, 0.2) is 0 Å². The minimum atomic E-state index is -0.437. The molecular weight excluding hydrogens is 372 g/mol. The van der Waals surface area contributed by atoms with Gasteiger partial charge in [-0.05, 0) is 41.3 Å². The van der Waals surface area contributed by atoms with Crippen LogP contribution in [0, 0.1) is 11.8 Å². The molecule has 3 aromatic rings. The van der Waals surface area contributed by atoms with E-state index in [2.05, 4.69) is 67.6 Å². The van der Waals surface area contributed by atoms with Crippen LogP contribution in [0.1, 0.15) is 35.3 Å². The van der Waals surface area contributed by atoms with Gasteiger partial charge in [0.05, 0.1) is 20.3 Å². The molecule has 3 heteroatoms. The molecule has 30 heavy (non-hydrogen) atoms. The van der Waals surface area contributed by atoms with Gasteiger partial charge in [-0.25, -0.2) is 0 Å². The third-order valence-corrected chi connectivity index (χ3v) is 7.14. The molecule has 2 heterocycles. The van der Waals surface area contributed by atoms with E-state index in [4.69, 9.17) is 14.2 Å². The lowest BCUT2D eigenvalue weighted by atomic mass is 9.53. The van der Waals surface area contributed by atoms with E-state index in [-0.39, 0.29) is 12.0 Å². The third kappa shape index (κ3) is 2.08. The summed E-state index contributed by atoms with van der Waals surface area (Å²) in [5.41, 5.74) is 7.22. The van der Waals surface area contributed by atoms with E-state index in [1.165, 1.54) is 22.3 Å². The summed E-state index contributed by atoms with van der Waals surface area (Å²) in [6.07, 6.45) is -0.0253. The molecule has 0 N–H and O–H groups in total. The van der Waals surface area contributed by atoms with Crippen LogP contribution in [0.4, 0.5) is 0 Å². The standard InChI is InChI=1S/C27H24O3/c1-27-24-19(29-3)15-14-18(28-2)22(24)26(30-27)23-20(16-10-6-4-7-11-16)21(25(23)27)17-12-8-5-9-13-17/h4-15,23,25-26H,1-3H3/t23-,25+,26+,27-/m0/s1. The molecule has 3 aromatic carbocycles. The van der Waals surface area contributed by atoms with Gasteiger partial charge >= 0.3 is 0 Å². The van der Waals surface area contributed by atoms with Crippen molar-refractivity contribution >= 4 is 11.1 Å². The van der Waals surface area contributed by atoms with Crippen molar-refractivity contribution < 1.29 is 14.2 Å². The minimum Gasteiger partial charge on any atom is -0.496 e. The molecule has 3 nitrogen and oxygen atoms in total. The molecule has 2 aliphatic heterocycles. The monoisotopic (exact) mass is 396 g/mol. The van der Waals surface area contributed by atoms with Crippen molar-refractivity contribution in [3.63, 3.8) is 0 Å². The molecule has 0 saturated carbocycles. The van der Waals surface area contributed by atoms with E-state index < -0.39 is 5.60 Å². The lowest BCUT2D eigenvalue weighted by Gasteiger charge is -2.47. The number of hydrogen-bond acceptors (Lipinski definition) is 3. The van der Waals surface area contributed by atoms with Crippen LogP contribution in [0.5, 0.6) is 11.5 Å². The average Bonchev–Trinajstić information content (AvgIpc) is 3.20. The first-order valence-corrected chi connectivity index (χ1v) is 10.5. The second-order valence-corrected chi connectivity index (χ2v) is 8.47. The molecule has 1 aliphatic carbocycles. The van der Waals surface area contributed by atoms with Crippen LogP contribution in [-0.4, -0.2) is 14.2 Å². The van der Waals surface area contributed by atoms with Crippen LogP contribution in [0.3, 0.4) is 0 Å². The number of fused-ring (bicyclic) bond motifs is 8. The van der Waals surface area contributed by atoms with E-state index in [1.54, 1.807) is 14.2 Å². The van der Waals surface area contributed by atoms with Crippen molar-refractivity contribution in [1.29, 1.82) is 0 Å². The maximum atomic E-state index is 6.80. The summed E-state index contributed by atoms with van der Waals surface area (Å²) in [6, 6.07) is 25.5. The predicted molar refractivity (Wildman–Crippen MR) is 117 cm³/mol. The Morgan fingerprint density at radius 3 is 1.90 bits per heavy atom. The first-order chi connectivity index (χ1) is 14.7. The Morgan fingerprint density at radius 2 is 1.30 bits per heavy atom. The maximum Gasteiger partial charge on any atom is 0.125 e. The fraction of sp³-hybridized carbons (Fsp3) is 0.259. The van der Waals surface area contributed by atoms with Gasteiger partial charge in [-0.1, -0.05) is 60.7 Å². The molecule has 0 radical (unpaired) electrons. The zero-order valence-electron chi connectivity index (χ0n) is 17.4. The van der Waals surface area contributed by atoms with Gasteiger partial charge in [-0.15, -0.1) is 0 Å². The molecule has 2 bridgehead atoms. The molecular formula is C27H24O3. The normalized spacial score (nSPS) is 28.0. The van der Waals surface area contributed by atoms with Crippen LogP contribution in [0.25, 0.3) is 11.1 Å². The molecule has 1 fully saturated rings. The number of methoxy groups -OCH3 is 2. The van der Waals surface area contributed by atoms with Crippen molar-refractivity contribution in [2.45, 2.75) is 18.6 Å². The van der Waals surface area contributed by atoms with Crippen LogP contribution in [0.2, 0.25) is 0 Å². The number of hydrogen-bond donors (Lipinski definition) is 0. The van der Waals surface area contributed by atoms with E-state index in [0.29, 0.717) is 5.92 Å². The summed E-state index contributed by atoms with van der Waals surface area (Å²) in [5.74, 6) is 2.36. The lowest BCUT2D eigenvalue weighted by molar-refractivity contribution is -0.0185. The highest BCUT2D eigenvalue weighted by Crippen LogP contribution is 2.75. The summed E-state index contributed by atoms with van der Waals surface area (Å²) in [5, 5.41) is 0. The molecule has 1 saturated heterocycles. The molecule has 3 aliphatic rings. The molecule has 6 rings (SSSR count). The number of ether oxygens (including phenoxy) is 3. The van der Waals surface area contributed by atoms with Gasteiger partial charge in [0.25, 0.3) is 0 Å². The molecule has 0 aromatic heterocycles. The van der Waals surface area contributed by atoms with Crippen molar-refractivity contribution in [3.05, 3.63) is 95.1 Å². The van der Waals surface area contributed by atoms with E-state index in [9.17, 15) is 0 Å². The van der Waals surface area contributed by atoms with Crippen LogP contribution < -0.4 is 9.47 Å². The lowest BCUT2D eigenvalue weighted by Crippen LogP contribution is -2.41. The quantitative estimate of drug-likeness (QED) is 0.553. The topological polar surface area (TPSA) is 27.7 Å². The van der Waals surface area contributed by atoms with Gasteiger partial charge in [-0.3, -0.25) is 0 Å². The molecule has 0 unspecified atom stereocenters. The number of rotatable bonds is 4. The fourth-order valence-electron chi connectivity index (χ4n) is 6.05. The van der Waals surface area contributed by atoms with Crippen molar-refractivity contribution in [2.24, 2.45) is 11.8 Å². The Balaban J connectivity index is 1.61. The SMILES string of the molecule is COc1ccc(OC)c2c1[C@H]1O[C@]2(C)[C@@H]2C(c3ccccc3)=C(c3ccccc3)[C@H]12. The Labute approximate surface area is 176 Å². The zero-order chi connectivity index (χ0) is 20.5. The first-order valence-electron chi connectivity index (χ1n) is 10.5. The summed E-state index contributed by atoms with van der Waals surface area (Å²) in [7, 11) is 3.47. The van der Waals surface area contributed by atoms with Gasteiger partial charge in [0.1, 0.15) is 17.1 Å². The van der Waals surface area contributed by atoms with Crippen LogP contribution in [-0.2, 0) is 10.3 Å². The third-order valence-electron chi connectivity index (χ3n) is 7.14. The largest absolute Gasteiger partial charge is 0.496 e. The second kappa shape index (κ2) is 6.23. The maximum absolute atomic E-state index is 6.80. The highest BCUT2D eigenvalue weighted by atomic mass is 16.5. The smallest absolute Gasteiger partial charge is 0.125 e. The average molecular weight is 396 g/mol. The van der Waals surface area contributed by atoms with Crippen molar-refractivity contribution in [3.8, 4) is 11.5 Å². The molecule has 0 spiro atoms. The number of benzene rings is 3. The molecule has 4 atom stereocenters. The Morgan fingerprint density at radius 1 is 0.733 bits per heavy atom. The summed E-state index contributed by atoms with van der Waals surface area (Å²) in [6.45, 7) is 2.23. The molecule has 150 valence electrons. The van der Waals surface area contributed by atoms with E-state index in [1.807, 2.05) is 12.1 Å². The van der Waals surface area contributed by atoms with E-state index in [0.717, 1.165) is 22.6 Å². The minimum absolute atomic E-state index is 0.0253. The van der Waals surface area contributed by atoms with Gasteiger partial charge in [0, 0.05) is 23.0 Å². The van der Waals surface area contributed by atoms with E-state index >= 15 is 0 Å². The van der Waals surface area contributed by atoms with Gasteiger partial charge < -0.3 is 14.2 Å².